The Morgan fingerprint density at radius 1 is 1.10 bits per heavy atom. The highest BCUT2D eigenvalue weighted by Gasteiger charge is 2.34. The number of carbonyl (C=O) groups is 3. The third kappa shape index (κ3) is 4.20. The minimum Gasteiger partial charge on any atom is -0.466 e. The lowest BCUT2D eigenvalue weighted by Crippen LogP contribution is -2.46. The van der Waals surface area contributed by atoms with E-state index in [0.717, 1.165) is 6.42 Å². The van der Waals surface area contributed by atoms with Crippen LogP contribution in [0.1, 0.15) is 41.4 Å². The minimum absolute atomic E-state index is 0.205. The molecular weight excluding hydrogens is 382 g/mol. The van der Waals surface area contributed by atoms with Crippen LogP contribution in [0.15, 0.2) is 59.8 Å². The van der Waals surface area contributed by atoms with Gasteiger partial charge < -0.3 is 20.3 Å². The molecule has 0 saturated heterocycles. The van der Waals surface area contributed by atoms with Crippen LogP contribution >= 0.6 is 0 Å². The Balaban J connectivity index is 1.81. The number of rotatable bonds is 5. The maximum atomic E-state index is 12.5. The molecule has 1 heterocycles. The van der Waals surface area contributed by atoms with Crippen LogP contribution in [0.4, 0.5) is 10.5 Å². The van der Waals surface area contributed by atoms with Crippen LogP contribution in [0.3, 0.4) is 0 Å². The van der Waals surface area contributed by atoms with Crippen molar-refractivity contribution >= 4 is 23.6 Å². The molecule has 0 aromatic heterocycles. The zero-order chi connectivity index (χ0) is 21.8. The summed E-state index contributed by atoms with van der Waals surface area (Å²) < 4.78 is 4.91. The van der Waals surface area contributed by atoms with Gasteiger partial charge in [-0.3, -0.25) is 4.79 Å². The molecule has 2 aromatic carbocycles. The summed E-state index contributed by atoms with van der Waals surface area (Å²) in [4.78, 5) is 38.4. The van der Waals surface area contributed by atoms with Gasteiger partial charge in [-0.1, -0.05) is 31.2 Å². The van der Waals surface area contributed by atoms with E-state index >= 15 is 0 Å². The summed E-state index contributed by atoms with van der Waals surface area (Å²) in [5.74, 6) is -0.707. The van der Waals surface area contributed by atoms with Gasteiger partial charge in [-0.25, -0.2) is 9.59 Å². The largest absolute Gasteiger partial charge is 0.466 e. The Hall–Kier alpha value is -3.61. The van der Waals surface area contributed by atoms with Crippen LogP contribution in [-0.4, -0.2) is 37.0 Å². The van der Waals surface area contributed by atoms with Gasteiger partial charge in [-0.05, 0) is 48.7 Å². The molecule has 30 heavy (non-hydrogen) atoms. The standard InChI is InChI=1S/C23H25N3O4/c1-5-15-6-8-17(9-7-15)21(27)24-18-12-10-16(11-13-18)20-19(22(28)30-4)14(2)26(3)23(29)25-20/h6-13,20H,5H2,1-4H3,(H,24,27)(H,25,29). The fraction of sp³-hybridized carbons (Fsp3) is 0.261. The van der Waals surface area contributed by atoms with Gasteiger partial charge >= 0.3 is 12.0 Å². The second-order valence-corrected chi connectivity index (χ2v) is 7.06. The topological polar surface area (TPSA) is 87.7 Å². The van der Waals surface area contributed by atoms with Crippen molar-refractivity contribution in [2.45, 2.75) is 26.3 Å². The molecule has 2 N–H and O–H groups in total. The van der Waals surface area contributed by atoms with Crippen LogP contribution in [0.5, 0.6) is 0 Å². The number of nitrogens with zero attached hydrogens (tertiary/aromatic N) is 1. The van der Waals surface area contributed by atoms with Crippen LogP contribution < -0.4 is 10.6 Å². The van der Waals surface area contributed by atoms with E-state index in [1.54, 1.807) is 50.4 Å². The van der Waals surface area contributed by atoms with Gasteiger partial charge in [-0.15, -0.1) is 0 Å². The van der Waals surface area contributed by atoms with Crippen LogP contribution in [0.2, 0.25) is 0 Å². The highest BCUT2D eigenvalue weighted by molar-refractivity contribution is 6.04. The van der Waals surface area contributed by atoms with Gasteiger partial charge in [0.2, 0.25) is 0 Å². The van der Waals surface area contributed by atoms with E-state index in [4.69, 9.17) is 4.74 Å². The molecule has 156 valence electrons. The number of carbonyl (C=O) groups excluding carboxylic acids is 3. The van der Waals surface area contributed by atoms with Crippen LogP contribution in [0.25, 0.3) is 0 Å². The molecule has 0 radical (unpaired) electrons. The number of hydrogen-bond acceptors (Lipinski definition) is 4. The molecule has 0 saturated carbocycles. The van der Waals surface area contributed by atoms with Gasteiger partial charge in [0.1, 0.15) is 0 Å². The number of hydrogen-bond donors (Lipinski definition) is 2. The van der Waals surface area contributed by atoms with E-state index in [2.05, 4.69) is 17.6 Å². The summed E-state index contributed by atoms with van der Waals surface area (Å²) in [7, 11) is 2.90. The Labute approximate surface area is 175 Å². The minimum atomic E-state index is -0.632. The van der Waals surface area contributed by atoms with E-state index < -0.39 is 12.0 Å². The molecule has 1 aliphatic rings. The summed E-state index contributed by atoms with van der Waals surface area (Å²) in [5, 5.41) is 5.67. The summed E-state index contributed by atoms with van der Waals surface area (Å²) in [6.45, 7) is 3.77. The van der Waals surface area contributed by atoms with Crippen molar-refractivity contribution in [1.29, 1.82) is 0 Å². The number of urea groups is 1. The van der Waals surface area contributed by atoms with E-state index in [1.807, 2.05) is 12.1 Å². The molecule has 1 unspecified atom stereocenters. The first-order valence-electron chi connectivity index (χ1n) is 9.69. The average molecular weight is 407 g/mol. The monoisotopic (exact) mass is 407 g/mol. The lowest BCUT2D eigenvalue weighted by Gasteiger charge is -2.33. The van der Waals surface area contributed by atoms with E-state index in [9.17, 15) is 14.4 Å². The fourth-order valence-corrected chi connectivity index (χ4v) is 3.31. The number of ether oxygens (including phenoxy) is 1. The lowest BCUT2D eigenvalue weighted by atomic mass is 9.95. The molecule has 1 aliphatic heterocycles. The van der Waals surface area contributed by atoms with Crippen molar-refractivity contribution in [3.05, 3.63) is 76.5 Å². The van der Waals surface area contributed by atoms with Crippen molar-refractivity contribution in [2.24, 2.45) is 0 Å². The molecule has 3 rings (SSSR count). The first kappa shape index (κ1) is 21.1. The zero-order valence-corrected chi connectivity index (χ0v) is 17.5. The molecule has 1 atom stereocenters. The summed E-state index contributed by atoms with van der Waals surface area (Å²) in [6, 6.07) is 13.5. The Kier molecular flexibility index (Phi) is 6.20. The van der Waals surface area contributed by atoms with Gasteiger partial charge in [0, 0.05) is 24.0 Å². The highest BCUT2D eigenvalue weighted by atomic mass is 16.5. The Morgan fingerprint density at radius 3 is 2.30 bits per heavy atom. The van der Waals surface area contributed by atoms with Gasteiger partial charge in [0.15, 0.2) is 0 Å². The molecular formula is C23H25N3O4. The number of amides is 3. The predicted octanol–water partition coefficient (Wildman–Crippen LogP) is 3.64. The number of anilines is 1. The van der Waals surface area contributed by atoms with Crippen LogP contribution in [-0.2, 0) is 16.0 Å². The first-order chi connectivity index (χ1) is 14.3. The predicted molar refractivity (Wildman–Crippen MR) is 114 cm³/mol. The molecule has 3 amide bonds. The molecule has 0 spiro atoms. The number of methoxy groups -OCH3 is 1. The van der Waals surface area contributed by atoms with Crippen molar-refractivity contribution in [3.8, 4) is 0 Å². The third-order valence-corrected chi connectivity index (χ3v) is 5.29. The molecule has 2 aromatic rings. The summed E-state index contributed by atoms with van der Waals surface area (Å²) in [6.07, 6.45) is 0.915. The molecule has 7 heteroatoms. The second-order valence-electron chi connectivity index (χ2n) is 7.06. The molecule has 0 bridgehead atoms. The Morgan fingerprint density at radius 2 is 1.73 bits per heavy atom. The molecule has 7 nitrogen and oxygen atoms in total. The van der Waals surface area contributed by atoms with E-state index in [-0.39, 0.29) is 11.9 Å². The zero-order valence-electron chi connectivity index (χ0n) is 17.5. The van der Waals surface area contributed by atoms with Crippen LogP contribution in [0, 0.1) is 0 Å². The molecule has 0 fully saturated rings. The van der Waals surface area contributed by atoms with Gasteiger partial charge in [0.25, 0.3) is 5.91 Å². The van der Waals surface area contributed by atoms with E-state index in [1.165, 1.54) is 17.6 Å². The number of benzene rings is 2. The van der Waals surface area contributed by atoms with Crippen molar-refractivity contribution in [1.82, 2.24) is 10.2 Å². The maximum absolute atomic E-state index is 12.5. The number of esters is 1. The maximum Gasteiger partial charge on any atom is 0.337 e. The van der Waals surface area contributed by atoms with Crippen molar-refractivity contribution in [2.75, 3.05) is 19.5 Å². The number of aryl methyl sites for hydroxylation is 1. The van der Waals surface area contributed by atoms with Crippen molar-refractivity contribution in [3.63, 3.8) is 0 Å². The summed E-state index contributed by atoms with van der Waals surface area (Å²) in [5.41, 5.74) is 3.96. The Bertz CT molecular complexity index is 994. The third-order valence-electron chi connectivity index (χ3n) is 5.29. The van der Waals surface area contributed by atoms with Crippen molar-refractivity contribution < 1.29 is 19.1 Å². The van der Waals surface area contributed by atoms with Gasteiger partial charge in [-0.2, -0.15) is 0 Å². The SMILES string of the molecule is CCc1ccc(C(=O)Nc2ccc(C3NC(=O)N(C)C(C)=C3C(=O)OC)cc2)cc1. The fourth-order valence-electron chi connectivity index (χ4n) is 3.31. The summed E-state index contributed by atoms with van der Waals surface area (Å²) >= 11 is 0. The normalized spacial score (nSPS) is 16.2. The first-order valence-corrected chi connectivity index (χ1v) is 9.69. The second kappa shape index (κ2) is 8.82. The highest BCUT2D eigenvalue weighted by Crippen LogP contribution is 2.31. The quantitative estimate of drug-likeness (QED) is 0.741. The van der Waals surface area contributed by atoms with Gasteiger partial charge in [0.05, 0.1) is 18.7 Å². The number of nitrogens with one attached hydrogen (secondary N) is 2. The number of allylic oxidation sites excluding steroid dienone is 1. The van der Waals surface area contributed by atoms with E-state index in [0.29, 0.717) is 28.1 Å². The lowest BCUT2D eigenvalue weighted by molar-refractivity contribution is -0.136. The average Bonchev–Trinajstić information content (AvgIpc) is 2.77. The molecule has 0 aliphatic carbocycles. The smallest absolute Gasteiger partial charge is 0.337 e.